The van der Waals surface area contributed by atoms with Gasteiger partial charge in [-0.3, -0.25) is 14.4 Å². The van der Waals surface area contributed by atoms with E-state index in [1.165, 1.54) is 0 Å². The van der Waals surface area contributed by atoms with Crippen LogP contribution in [0.3, 0.4) is 0 Å². The average molecular weight is 412 g/mol. The van der Waals surface area contributed by atoms with Crippen molar-refractivity contribution >= 4 is 46.4 Å². The molecule has 29 heavy (non-hydrogen) atoms. The van der Waals surface area contributed by atoms with E-state index in [0.717, 1.165) is 24.2 Å². The third-order valence-electron chi connectivity index (χ3n) is 5.47. The number of benzene rings is 2. The summed E-state index contributed by atoms with van der Waals surface area (Å²) in [5.74, 6) is -0.623. The number of hydrogen-bond donors (Lipinski definition) is 1. The van der Waals surface area contributed by atoms with Crippen LogP contribution in [0, 0.1) is 12.8 Å². The van der Waals surface area contributed by atoms with Crippen molar-refractivity contribution in [2.75, 3.05) is 28.2 Å². The molecule has 1 unspecified atom stereocenters. The summed E-state index contributed by atoms with van der Waals surface area (Å²) in [6.45, 7) is 2.95. The van der Waals surface area contributed by atoms with E-state index in [9.17, 15) is 14.4 Å². The molecular formula is C22H22ClN3O3. The zero-order chi connectivity index (χ0) is 20.5. The van der Waals surface area contributed by atoms with Crippen molar-refractivity contribution in [2.45, 2.75) is 26.2 Å². The summed E-state index contributed by atoms with van der Waals surface area (Å²) >= 11 is 6.20. The largest absolute Gasteiger partial charge is 0.326 e. The number of rotatable bonds is 4. The first-order valence-electron chi connectivity index (χ1n) is 9.71. The summed E-state index contributed by atoms with van der Waals surface area (Å²) in [5.41, 5.74) is 3.10. The molecule has 0 saturated carbocycles. The third-order valence-corrected chi connectivity index (χ3v) is 5.79. The van der Waals surface area contributed by atoms with Crippen LogP contribution >= 0.6 is 11.6 Å². The van der Waals surface area contributed by atoms with Crippen molar-refractivity contribution < 1.29 is 14.4 Å². The first kappa shape index (κ1) is 19.5. The van der Waals surface area contributed by atoms with E-state index in [2.05, 4.69) is 5.32 Å². The number of nitrogens with one attached hydrogen (secondary N) is 1. The number of halogens is 1. The first-order valence-corrected chi connectivity index (χ1v) is 10.1. The van der Waals surface area contributed by atoms with Gasteiger partial charge in [-0.25, -0.2) is 0 Å². The van der Waals surface area contributed by atoms with Gasteiger partial charge in [-0.1, -0.05) is 23.7 Å². The Bertz CT molecular complexity index is 991. The summed E-state index contributed by atoms with van der Waals surface area (Å²) in [7, 11) is 0. The lowest BCUT2D eigenvalue weighted by Crippen LogP contribution is -2.28. The normalized spacial score (nSPS) is 19.2. The van der Waals surface area contributed by atoms with Crippen LogP contribution in [0.4, 0.5) is 17.1 Å². The molecular weight excluding hydrogens is 390 g/mol. The number of hydrogen-bond acceptors (Lipinski definition) is 3. The Balaban J connectivity index is 1.45. The van der Waals surface area contributed by atoms with Gasteiger partial charge in [0.05, 0.1) is 16.6 Å². The van der Waals surface area contributed by atoms with E-state index in [0.29, 0.717) is 29.4 Å². The van der Waals surface area contributed by atoms with Gasteiger partial charge in [0.2, 0.25) is 17.7 Å². The fourth-order valence-corrected chi connectivity index (χ4v) is 4.21. The highest BCUT2D eigenvalue weighted by Crippen LogP contribution is 2.32. The smallest absolute Gasteiger partial charge is 0.229 e. The lowest BCUT2D eigenvalue weighted by atomic mass is 10.1. The van der Waals surface area contributed by atoms with Gasteiger partial charge in [-0.2, -0.15) is 0 Å². The van der Waals surface area contributed by atoms with E-state index in [-0.39, 0.29) is 24.1 Å². The Morgan fingerprint density at radius 2 is 1.86 bits per heavy atom. The van der Waals surface area contributed by atoms with Crippen molar-refractivity contribution in [1.29, 1.82) is 0 Å². The van der Waals surface area contributed by atoms with Crippen LogP contribution in [0.25, 0.3) is 0 Å². The predicted octanol–water partition coefficient (Wildman–Crippen LogP) is 3.77. The standard InChI is InChI=1S/C22H22ClN3O3/c1-14-11-16(8-9-18(14)25-10-4-7-20(25)27)24-22(29)15-12-21(28)26(13-15)19-6-3-2-5-17(19)23/h2-3,5-6,8-9,11,15H,4,7,10,12-13H2,1H3,(H,24,29). The van der Waals surface area contributed by atoms with Crippen molar-refractivity contribution in [2.24, 2.45) is 5.92 Å². The number of carbonyl (C=O) groups excluding carboxylic acids is 3. The molecule has 4 rings (SSSR count). The number of nitrogens with zero attached hydrogens (tertiary/aromatic N) is 2. The zero-order valence-electron chi connectivity index (χ0n) is 16.2. The molecule has 2 aliphatic rings. The Morgan fingerprint density at radius 3 is 2.55 bits per heavy atom. The highest BCUT2D eigenvalue weighted by molar-refractivity contribution is 6.33. The number of aryl methyl sites for hydroxylation is 1. The van der Waals surface area contributed by atoms with Gasteiger partial charge < -0.3 is 15.1 Å². The quantitative estimate of drug-likeness (QED) is 0.832. The predicted molar refractivity (Wildman–Crippen MR) is 113 cm³/mol. The summed E-state index contributed by atoms with van der Waals surface area (Å²) in [6, 6.07) is 12.7. The van der Waals surface area contributed by atoms with E-state index in [1.54, 1.807) is 34.1 Å². The maximum Gasteiger partial charge on any atom is 0.229 e. The number of anilines is 3. The molecule has 6 nitrogen and oxygen atoms in total. The lowest BCUT2D eigenvalue weighted by Gasteiger charge is -2.20. The van der Waals surface area contributed by atoms with Gasteiger partial charge in [0, 0.05) is 37.3 Å². The summed E-state index contributed by atoms with van der Waals surface area (Å²) in [4.78, 5) is 40.5. The minimum atomic E-state index is -0.445. The third kappa shape index (κ3) is 3.85. The Kier molecular flexibility index (Phi) is 5.28. The Morgan fingerprint density at radius 1 is 1.07 bits per heavy atom. The van der Waals surface area contributed by atoms with E-state index in [4.69, 9.17) is 11.6 Å². The molecule has 0 bridgehead atoms. The van der Waals surface area contributed by atoms with Crippen LogP contribution in [0.15, 0.2) is 42.5 Å². The summed E-state index contributed by atoms with van der Waals surface area (Å²) in [6.07, 6.45) is 1.60. The molecule has 1 N–H and O–H groups in total. The highest BCUT2D eigenvalue weighted by Gasteiger charge is 2.36. The molecule has 0 aromatic heterocycles. The summed E-state index contributed by atoms with van der Waals surface area (Å²) < 4.78 is 0. The van der Waals surface area contributed by atoms with Crippen LogP contribution in [-0.2, 0) is 14.4 Å². The van der Waals surface area contributed by atoms with Crippen molar-refractivity contribution in [3.05, 3.63) is 53.1 Å². The zero-order valence-corrected chi connectivity index (χ0v) is 16.9. The lowest BCUT2D eigenvalue weighted by molar-refractivity contribution is -0.122. The van der Waals surface area contributed by atoms with Crippen molar-refractivity contribution in [1.82, 2.24) is 0 Å². The second-order valence-electron chi connectivity index (χ2n) is 7.50. The molecule has 1 atom stereocenters. The topological polar surface area (TPSA) is 69.7 Å². The molecule has 2 fully saturated rings. The van der Waals surface area contributed by atoms with Gasteiger partial charge in [-0.15, -0.1) is 0 Å². The summed E-state index contributed by atoms with van der Waals surface area (Å²) in [5, 5.41) is 3.40. The van der Waals surface area contributed by atoms with E-state index >= 15 is 0 Å². The second-order valence-corrected chi connectivity index (χ2v) is 7.90. The SMILES string of the molecule is Cc1cc(NC(=O)C2CC(=O)N(c3ccccc3Cl)C2)ccc1N1CCCC1=O. The molecule has 150 valence electrons. The molecule has 2 heterocycles. The van der Waals surface area contributed by atoms with E-state index < -0.39 is 5.92 Å². The van der Waals surface area contributed by atoms with Crippen LogP contribution in [0.2, 0.25) is 5.02 Å². The maximum absolute atomic E-state index is 12.7. The molecule has 2 aromatic rings. The molecule has 0 aliphatic carbocycles. The van der Waals surface area contributed by atoms with Crippen LogP contribution in [-0.4, -0.2) is 30.8 Å². The van der Waals surface area contributed by atoms with Gasteiger partial charge in [-0.05, 0) is 49.2 Å². The average Bonchev–Trinajstić information content (AvgIpc) is 3.28. The molecule has 0 spiro atoms. The van der Waals surface area contributed by atoms with Crippen LogP contribution in [0.1, 0.15) is 24.8 Å². The highest BCUT2D eigenvalue weighted by atomic mass is 35.5. The molecule has 0 radical (unpaired) electrons. The van der Waals surface area contributed by atoms with Crippen molar-refractivity contribution in [3.8, 4) is 0 Å². The Labute approximate surface area is 174 Å². The maximum atomic E-state index is 12.7. The fraction of sp³-hybridized carbons (Fsp3) is 0.318. The monoisotopic (exact) mass is 411 g/mol. The molecule has 2 aromatic carbocycles. The van der Waals surface area contributed by atoms with Crippen LogP contribution < -0.4 is 15.1 Å². The molecule has 3 amide bonds. The Hall–Kier alpha value is -2.86. The van der Waals surface area contributed by atoms with Crippen LogP contribution in [0.5, 0.6) is 0 Å². The minimum Gasteiger partial charge on any atom is -0.326 e. The number of amides is 3. The number of para-hydroxylation sites is 1. The molecule has 2 aliphatic heterocycles. The van der Waals surface area contributed by atoms with Gasteiger partial charge >= 0.3 is 0 Å². The second kappa shape index (κ2) is 7.87. The minimum absolute atomic E-state index is 0.114. The first-order chi connectivity index (χ1) is 13.9. The van der Waals surface area contributed by atoms with Crippen molar-refractivity contribution in [3.63, 3.8) is 0 Å². The van der Waals surface area contributed by atoms with E-state index in [1.807, 2.05) is 25.1 Å². The molecule has 2 saturated heterocycles. The fourth-order valence-electron chi connectivity index (χ4n) is 3.97. The molecule has 7 heteroatoms. The van der Waals surface area contributed by atoms with Gasteiger partial charge in [0.25, 0.3) is 0 Å². The van der Waals surface area contributed by atoms with Gasteiger partial charge in [0.1, 0.15) is 0 Å². The number of carbonyl (C=O) groups is 3. The van der Waals surface area contributed by atoms with Gasteiger partial charge in [0.15, 0.2) is 0 Å².